The zero-order chi connectivity index (χ0) is 26.0. The summed E-state index contributed by atoms with van der Waals surface area (Å²) in [5, 5.41) is 1.16. The maximum atomic E-state index is 13.1. The van der Waals surface area contributed by atoms with Crippen LogP contribution in [0.3, 0.4) is 0 Å². The number of hydrogen-bond donors (Lipinski definition) is 1. The first kappa shape index (κ1) is 25.6. The zero-order valence-corrected chi connectivity index (χ0v) is 20.9. The van der Waals surface area contributed by atoms with Crippen LogP contribution in [0.2, 0.25) is 0 Å². The molecule has 0 unspecified atom stereocenters. The van der Waals surface area contributed by atoms with Gasteiger partial charge in [0.05, 0.1) is 13.2 Å². The molecule has 3 aromatic carbocycles. The van der Waals surface area contributed by atoms with Crippen molar-refractivity contribution < 1.29 is 23.8 Å². The third-order valence-corrected chi connectivity index (χ3v) is 5.74. The van der Waals surface area contributed by atoms with Crippen LogP contribution in [0.25, 0.3) is 5.57 Å². The van der Waals surface area contributed by atoms with Crippen LogP contribution in [0.5, 0.6) is 5.75 Å². The summed E-state index contributed by atoms with van der Waals surface area (Å²) < 4.78 is 16.8. The second-order valence-electron chi connectivity index (χ2n) is 8.14. The van der Waals surface area contributed by atoms with Crippen LogP contribution >= 0.6 is 0 Å². The van der Waals surface area contributed by atoms with Gasteiger partial charge in [0.1, 0.15) is 17.9 Å². The van der Waals surface area contributed by atoms with Gasteiger partial charge in [-0.3, -0.25) is 0 Å². The summed E-state index contributed by atoms with van der Waals surface area (Å²) in [5.74, 6) is 0.678. The van der Waals surface area contributed by atoms with E-state index >= 15 is 0 Å². The van der Waals surface area contributed by atoms with Gasteiger partial charge >= 0.3 is 12.2 Å². The third-order valence-electron chi connectivity index (χ3n) is 5.74. The van der Waals surface area contributed by atoms with E-state index in [1.807, 2.05) is 103 Å². The summed E-state index contributed by atoms with van der Waals surface area (Å²) in [4.78, 5) is 25.6. The van der Waals surface area contributed by atoms with Crippen molar-refractivity contribution in [2.45, 2.75) is 26.0 Å². The van der Waals surface area contributed by atoms with Crippen LogP contribution in [-0.4, -0.2) is 42.6 Å². The number of carbonyl (C=O) groups is 2. The fourth-order valence-electron chi connectivity index (χ4n) is 4.24. The predicted molar refractivity (Wildman–Crippen MR) is 142 cm³/mol. The highest BCUT2D eigenvalue weighted by molar-refractivity contribution is 5.86. The van der Waals surface area contributed by atoms with Gasteiger partial charge in [-0.15, -0.1) is 0 Å². The van der Waals surface area contributed by atoms with Crippen LogP contribution in [0, 0.1) is 0 Å². The lowest BCUT2D eigenvalue weighted by atomic mass is 9.89. The molecule has 0 aliphatic heterocycles. The minimum absolute atomic E-state index is 0.142. The van der Waals surface area contributed by atoms with Crippen molar-refractivity contribution in [2.24, 2.45) is 0 Å². The number of benzene rings is 3. The SMILES string of the molecule is CCOC(=O)NN(C(=O)OCC)[C@H]1C=C[C@@H](Oc2ccccc2)C1=C(c1ccccc1)c1ccccc1. The Morgan fingerprint density at radius 1 is 0.757 bits per heavy atom. The summed E-state index contributed by atoms with van der Waals surface area (Å²) in [7, 11) is 0. The number of nitrogens with zero attached hydrogens (tertiary/aromatic N) is 1. The molecule has 7 heteroatoms. The molecule has 0 spiro atoms. The molecule has 0 bridgehead atoms. The molecule has 1 N–H and O–H groups in total. The van der Waals surface area contributed by atoms with Crippen LogP contribution in [0.15, 0.2) is 109 Å². The minimum Gasteiger partial charge on any atom is -0.482 e. The van der Waals surface area contributed by atoms with Crippen LogP contribution < -0.4 is 10.2 Å². The van der Waals surface area contributed by atoms with Gasteiger partial charge in [0, 0.05) is 5.57 Å². The lowest BCUT2D eigenvalue weighted by Crippen LogP contribution is -2.52. The molecule has 4 rings (SSSR count). The van der Waals surface area contributed by atoms with Crippen LogP contribution in [0.4, 0.5) is 9.59 Å². The van der Waals surface area contributed by atoms with E-state index in [9.17, 15) is 9.59 Å². The van der Waals surface area contributed by atoms with Crippen molar-refractivity contribution in [3.63, 3.8) is 0 Å². The summed E-state index contributed by atoms with van der Waals surface area (Å²) in [6, 6.07) is 28.6. The molecule has 0 aromatic heterocycles. The summed E-state index contributed by atoms with van der Waals surface area (Å²) >= 11 is 0. The standard InChI is InChI=1S/C30H30N2O5/c1-3-35-29(33)31-32(30(34)36-4-2)25-20-21-26(37-24-18-12-7-13-19-24)28(25)27(22-14-8-5-9-15-22)23-16-10-6-11-17-23/h5-21,25-26H,3-4H2,1-2H3,(H,31,33)/t25-,26+/m0/s1. The number of amides is 2. The van der Waals surface area contributed by atoms with Crippen LogP contribution in [-0.2, 0) is 9.47 Å². The fraction of sp³-hybridized carbons (Fsp3) is 0.200. The molecule has 2 amide bonds. The molecule has 37 heavy (non-hydrogen) atoms. The van der Waals surface area contributed by atoms with E-state index in [0.717, 1.165) is 27.3 Å². The Morgan fingerprint density at radius 2 is 1.30 bits per heavy atom. The molecule has 190 valence electrons. The number of hydrogen-bond acceptors (Lipinski definition) is 5. The van der Waals surface area contributed by atoms with Crippen molar-refractivity contribution in [2.75, 3.05) is 13.2 Å². The second-order valence-corrected chi connectivity index (χ2v) is 8.14. The van der Waals surface area contributed by atoms with Gasteiger partial charge in [-0.25, -0.2) is 20.0 Å². The highest BCUT2D eigenvalue weighted by Crippen LogP contribution is 2.37. The third kappa shape index (κ3) is 6.19. The first-order valence-corrected chi connectivity index (χ1v) is 12.3. The van der Waals surface area contributed by atoms with E-state index < -0.39 is 24.3 Å². The zero-order valence-electron chi connectivity index (χ0n) is 20.9. The van der Waals surface area contributed by atoms with E-state index in [2.05, 4.69) is 5.43 Å². The second kappa shape index (κ2) is 12.4. The normalized spacial score (nSPS) is 16.1. The lowest BCUT2D eigenvalue weighted by Gasteiger charge is -2.31. The van der Waals surface area contributed by atoms with Crippen molar-refractivity contribution in [3.8, 4) is 5.75 Å². The van der Waals surface area contributed by atoms with Gasteiger partial charge in [-0.2, -0.15) is 0 Å². The quantitative estimate of drug-likeness (QED) is 0.320. The van der Waals surface area contributed by atoms with E-state index in [-0.39, 0.29) is 13.2 Å². The van der Waals surface area contributed by atoms with Crippen molar-refractivity contribution in [1.82, 2.24) is 10.4 Å². The molecule has 0 radical (unpaired) electrons. The number of ether oxygens (including phenoxy) is 3. The fourth-order valence-corrected chi connectivity index (χ4v) is 4.24. The van der Waals surface area contributed by atoms with E-state index in [4.69, 9.17) is 14.2 Å². The van der Waals surface area contributed by atoms with Crippen molar-refractivity contribution in [3.05, 3.63) is 120 Å². The average molecular weight is 499 g/mol. The van der Waals surface area contributed by atoms with Gasteiger partial charge in [0.25, 0.3) is 0 Å². The van der Waals surface area contributed by atoms with Crippen molar-refractivity contribution >= 4 is 17.8 Å². The van der Waals surface area contributed by atoms with Gasteiger partial charge in [0.15, 0.2) is 0 Å². The highest BCUT2D eigenvalue weighted by Gasteiger charge is 2.38. The Morgan fingerprint density at radius 3 is 1.84 bits per heavy atom. The molecule has 1 aliphatic carbocycles. The minimum atomic E-state index is -0.753. The Bertz CT molecular complexity index is 1200. The van der Waals surface area contributed by atoms with Gasteiger partial charge in [-0.1, -0.05) is 84.9 Å². The van der Waals surface area contributed by atoms with E-state index in [0.29, 0.717) is 5.75 Å². The largest absolute Gasteiger partial charge is 0.482 e. The topological polar surface area (TPSA) is 77.1 Å². The maximum Gasteiger partial charge on any atom is 0.429 e. The van der Waals surface area contributed by atoms with E-state index in [1.54, 1.807) is 13.8 Å². The molecule has 0 heterocycles. The molecule has 0 saturated heterocycles. The molecule has 2 atom stereocenters. The number of carbonyl (C=O) groups excluding carboxylic acids is 2. The summed E-state index contributed by atoms with van der Waals surface area (Å²) in [6.45, 7) is 3.71. The van der Waals surface area contributed by atoms with Gasteiger partial charge in [0.2, 0.25) is 0 Å². The predicted octanol–water partition coefficient (Wildman–Crippen LogP) is 5.99. The first-order valence-electron chi connectivity index (χ1n) is 12.3. The Labute approximate surface area is 216 Å². The molecule has 1 aliphatic rings. The average Bonchev–Trinajstić information content (AvgIpc) is 3.32. The monoisotopic (exact) mass is 498 g/mol. The summed E-state index contributed by atoms with van der Waals surface area (Å²) in [5.41, 5.74) is 6.12. The number of nitrogens with one attached hydrogen (secondary N) is 1. The molecular formula is C30H30N2O5. The Balaban J connectivity index is 1.89. The Kier molecular flexibility index (Phi) is 8.60. The maximum absolute atomic E-state index is 13.1. The van der Waals surface area contributed by atoms with Gasteiger partial charge in [-0.05, 0) is 48.8 Å². The highest BCUT2D eigenvalue weighted by atomic mass is 16.6. The first-order chi connectivity index (χ1) is 18.1. The molecule has 7 nitrogen and oxygen atoms in total. The number of para-hydroxylation sites is 1. The molecule has 3 aromatic rings. The lowest BCUT2D eigenvalue weighted by molar-refractivity contribution is 0.0677. The Hall–Kier alpha value is -4.52. The molecular weight excluding hydrogens is 468 g/mol. The van der Waals surface area contributed by atoms with Crippen LogP contribution in [0.1, 0.15) is 25.0 Å². The van der Waals surface area contributed by atoms with E-state index in [1.165, 1.54) is 0 Å². The number of hydrazine groups is 1. The smallest absolute Gasteiger partial charge is 0.429 e. The molecule has 0 fully saturated rings. The number of rotatable bonds is 7. The van der Waals surface area contributed by atoms with Gasteiger partial charge < -0.3 is 14.2 Å². The van der Waals surface area contributed by atoms with Crippen molar-refractivity contribution in [1.29, 1.82) is 0 Å². The summed E-state index contributed by atoms with van der Waals surface area (Å²) in [6.07, 6.45) is 1.74. The molecule has 0 saturated carbocycles.